The first-order chi connectivity index (χ1) is 11.7. The predicted molar refractivity (Wildman–Crippen MR) is 93.0 cm³/mol. The zero-order valence-electron chi connectivity index (χ0n) is 13.3. The Hall–Kier alpha value is -1.89. The van der Waals surface area contributed by atoms with Gasteiger partial charge < -0.3 is 14.7 Å². The number of pyridine rings is 1. The van der Waals surface area contributed by atoms with Gasteiger partial charge >= 0.3 is 0 Å². The molecule has 126 valence electrons. The first-order valence-electron chi connectivity index (χ1n) is 7.90. The molecule has 1 N–H and O–H groups in total. The molecule has 0 spiro atoms. The largest absolute Gasteiger partial charge is 0.389 e. The smallest absolute Gasteiger partial charge is 0.254 e. The van der Waals surface area contributed by atoms with Crippen molar-refractivity contribution in [3.8, 4) is 0 Å². The second-order valence-corrected chi connectivity index (χ2v) is 6.63. The van der Waals surface area contributed by atoms with Gasteiger partial charge in [0.1, 0.15) is 0 Å². The van der Waals surface area contributed by atoms with Crippen LogP contribution in [0.4, 0.5) is 0 Å². The van der Waals surface area contributed by atoms with Crippen LogP contribution in [0.1, 0.15) is 15.9 Å². The summed E-state index contributed by atoms with van der Waals surface area (Å²) in [6, 6.07) is 13.5. The molecule has 6 heteroatoms. The number of benzene rings is 1. The van der Waals surface area contributed by atoms with Gasteiger partial charge in [-0.1, -0.05) is 18.2 Å². The third kappa shape index (κ3) is 4.56. The Balaban J connectivity index is 1.60. The maximum Gasteiger partial charge on any atom is 0.254 e. The molecule has 0 aliphatic carbocycles. The van der Waals surface area contributed by atoms with Crippen molar-refractivity contribution in [2.24, 2.45) is 0 Å². The van der Waals surface area contributed by atoms with Gasteiger partial charge in [0.05, 0.1) is 24.3 Å². The van der Waals surface area contributed by atoms with E-state index in [1.807, 2.05) is 42.5 Å². The summed E-state index contributed by atoms with van der Waals surface area (Å²) in [6.07, 6.45) is 1.16. The number of nitrogens with zero attached hydrogens (tertiary/aromatic N) is 2. The van der Waals surface area contributed by atoms with Crippen LogP contribution in [-0.4, -0.2) is 53.3 Å². The number of aromatic nitrogens is 1. The van der Waals surface area contributed by atoms with E-state index >= 15 is 0 Å². The highest BCUT2D eigenvalue weighted by Gasteiger charge is 2.21. The molecule has 0 radical (unpaired) electrons. The van der Waals surface area contributed by atoms with Crippen LogP contribution in [-0.2, 0) is 10.5 Å². The van der Waals surface area contributed by atoms with E-state index < -0.39 is 6.10 Å². The van der Waals surface area contributed by atoms with E-state index in [1.54, 1.807) is 22.9 Å². The molecule has 0 saturated carbocycles. The molecule has 24 heavy (non-hydrogen) atoms. The molecule has 0 unspecified atom stereocenters. The van der Waals surface area contributed by atoms with Crippen molar-refractivity contribution in [3.63, 3.8) is 0 Å². The minimum atomic E-state index is -0.620. The summed E-state index contributed by atoms with van der Waals surface area (Å²) in [4.78, 5) is 18.5. The number of carbonyl (C=O) groups is 1. The third-order valence-electron chi connectivity index (χ3n) is 3.76. The molecule has 3 rings (SSSR count). The average molecular weight is 344 g/mol. The highest BCUT2D eigenvalue weighted by Crippen LogP contribution is 2.20. The van der Waals surface area contributed by atoms with Gasteiger partial charge in [0.2, 0.25) is 0 Å². The SMILES string of the molecule is O=C(c1ccc(CSc2ccccn2)cc1)N1CCOC[C@@H](O)C1. The first-order valence-corrected chi connectivity index (χ1v) is 8.89. The lowest BCUT2D eigenvalue weighted by Crippen LogP contribution is -2.37. The molecule has 1 aliphatic heterocycles. The van der Waals surface area contributed by atoms with Crippen molar-refractivity contribution in [3.05, 3.63) is 59.8 Å². The van der Waals surface area contributed by atoms with E-state index in [2.05, 4.69) is 4.98 Å². The van der Waals surface area contributed by atoms with Crippen molar-refractivity contribution in [2.75, 3.05) is 26.3 Å². The quantitative estimate of drug-likeness (QED) is 0.862. The van der Waals surface area contributed by atoms with Crippen molar-refractivity contribution in [2.45, 2.75) is 16.9 Å². The number of amides is 1. The topological polar surface area (TPSA) is 62.7 Å². The minimum absolute atomic E-state index is 0.0662. The standard InChI is InChI=1S/C18H20N2O3S/c21-16-11-20(9-10-23-12-16)18(22)15-6-4-14(5-7-15)13-24-17-3-1-2-8-19-17/h1-8,16,21H,9-13H2/t16-/m0/s1. The molecule has 1 atom stereocenters. The molecular formula is C18H20N2O3S. The van der Waals surface area contributed by atoms with Crippen LogP contribution in [0.3, 0.4) is 0 Å². The van der Waals surface area contributed by atoms with Gasteiger partial charge in [-0.15, -0.1) is 11.8 Å². The van der Waals surface area contributed by atoms with Crippen molar-refractivity contribution in [1.82, 2.24) is 9.88 Å². The van der Waals surface area contributed by atoms with E-state index in [9.17, 15) is 9.90 Å². The predicted octanol–water partition coefficient (Wildman–Crippen LogP) is 2.21. The van der Waals surface area contributed by atoms with E-state index in [1.165, 1.54) is 0 Å². The number of ether oxygens (including phenoxy) is 1. The average Bonchev–Trinajstić information content (AvgIpc) is 2.85. The molecule has 2 heterocycles. The molecule has 2 aromatic rings. The summed E-state index contributed by atoms with van der Waals surface area (Å²) >= 11 is 1.66. The van der Waals surface area contributed by atoms with Gasteiger partial charge in [0.15, 0.2) is 0 Å². The number of rotatable bonds is 4. The van der Waals surface area contributed by atoms with Crippen LogP contribution in [0.2, 0.25) is 0 Å². The second-order valence-electron chi connectivity index (χ2n) is 5.63. The summed E-state index contributed by atoms with van der Waals surface area (Å²) < 4.78 is 5.26. The normalized spacial score (nSPS) is 18.2. The molecular weight excluding hydrogens is 324 g/mol. The van der Waals surface area contributed by atoms with E-state index in [0.717, 1.165) is 16.3 Å². The van der Waals surface area contributed by atoms with Crippen molar-refractivity contribution >= 4 is 17.7 Å². The molecule has 1 saturated heterocycles. The summed E-state index contributed by atoms with van der Waals surface area (Å²) in [6.45, 7) is 1.57. The van der Waals surface area contributed by atoms with Gasteiger partial charge in [-0.25, -0.2) is 4.98 Å². The molecule has 0 bridgehead atoms. The van der Waals surface area contributed by atoms with E-state index in [4.69, 9.17) is 4.74 Å². The van der Waals surface area contributed by atoms with Gasteiger partial charge in [0.25, 0.3) is 5.91 Å². The third-order valence-corrected chi connectivity index (χ3v) is 4.77. The first kappa shape index (κ1) is 17.0. The molecule has 1 aromatic heterocycles. The number of aliphatic hydroxyl groups excluding tert-OH is 1. The van der Waals surface area contributed by atoms with Crippen LogP contribution in [0.25, 0.3) is 0 Å². The number of β-amino-alcohol motifs (C(OH)–C–C–N with tert-alkyl or cyclic N) is 1. The van der Waals surface area contributed by atoms with Crippen molar-refractivity contribution in [1.29, 1.82) is 0 Å². The fourth-order valence-corrected chi connectivity index (χ4v) is 3.31. The summed E-state index contributed by atoms with van der Waals surface area (Å²) in [5, 5.41) is 10.7. The molecule has 1 fully saturated rings. The highest BCUT2D eigenvalue weighted by molar-refractivity contribution is 7.98. The van der Waals surface area contributed by atoms with Crippen LogP contribution in [0.15, 0.2) is 53.7 Å². The summed E-state index contributed by atoms with van der Waals surface area (Å²) in [7, 11) is 0. The van der Waals surface area contributed by atoms with Gasteiger partial charge in [-0.05, 0) is 29.8 Å². The Morgan fingerprint density at radius 2 is 2.12 bits per heavy atom. The number of hydrogen-bond donors (Lipinski definition) is 1. The highest BCUT2D eigenvalue weighted by atomic mass is 32.2. The van der Waals surface area contributed by atoms with Gasteiger partial charge in [-0.3, -0.25) is 4.79 Å². The fraction of sp³-hybridized carbons (Fsp3) is 0.333. The Labute approximate surface area is 145 Å². The van der Waals surface area contributed by atoms with Crippen LogP contribution in [0.5, 0.6) is 0 Å². The number of aliphatic hydroxyl groups is 1. The number of hydrogen-bond acceptors (Lipinski definition) is 5. The van der Waals surface area contributed by atoms with E-state index in [-0.39, 0.29) is 12.5 Å². The van der Waals surface area contributed by atoms with Gasteiger partial charge in [0, 0.05) is 30.6 Å². The summed E-state index contributed by atoms with van der Waals surface area (Å²) in [5.41, 5.74) is 1.78. The lowest BCUT2D eigenvalue weighted by Gasteiger charge is -2.21. The fourth-order valence-electron chi connectivity index (χ4n) is 2.49. The molecule has 5 nitrogen and oxygen atoms in total. The maximum atomic E-state index is 12.5. The zero-order chi connectivity index (χ0) is 16.8. The Bertz CT molecular complexity index is 664. The second kappa shape index (κ2) is 8.28. The van der Waals surface area contributed by atoms with Crippen LogP contribution < -0.4 is 0 Å². The Kier molecular flexibility index (Phi) is 5.85. The van der Waals surface area contributed by atoms with Crippen LogP contribution >= 0.6 is 11.8 Å². The minimum Gasteiger partial charge on any atom is -0.389 e. The summed E-state index contributed by atoms with van der Waals surface area (Å²) in [5.74, 6) is 0.741. The Morgan fingerprint density at radius 1 is 1.29 bits per heavy atom. The van der Waals surface area contributed by atoms with E-state index in [0.29, 0.717) is 25.3 Å². The number of carbonyl (C=O) groups excluding carboxylic acids is 1. The lowest BCUT2D eigenvalue weighted by molar-refractivity contribution is 0.0534. The molecule has 1 aliphatic rings. The Morgan fingerprint density at radius 3 is 2.88 bits per heavy atom. The maximum absolute atomic E-state index is 12.5. The monoisotopic (exact) mass is 344 g/mol. The van der Waals surface area contributed by atoms with Crippen molar-refractivity contribution < 1.29 is 14.6 Å². The van der Waals surface area contributed by atoms with Crippen LogP contribution in [0, 0.1) is 0 Å². The van der Waals surface area contributed by atoms with Gasteiger partial charge in [-0.2, -0.15) is 0 Å². The molecule has 1 aromatic carbocycles. The molecule has 1 amide bonds. The zero-order valence-corrected chi connectivity index (χ0v) is 14.1. The number of thioether (sulfide) groups is 1. The lowest BCUT2D eigenvalue weighted by atomic mass is 10.1.